The van der Waals surface area contributed by atoms with Crippen molar-refractivity contribution in [3.05, 3.63) is 53.8 Å². The largest absolute Gasteiger partial charge is 0.442 e. The Morgan fingerprint density at radius 2 is 2.12 bits per heavy atom. The normalized spacial score (nSPS) is 19.7. The van der Waals surface area contributed by atoms with E-state index in [-0.39, 0.29) is 25.2 Å². The van der Waals surface area contributed by atoms with Gasteiger partial charge in [0.1, 0.15) is 18.1 Å². The van der Waals surface area contributed by atoms with Gasteiger partial charge in [0.2, 0.25) is 5.91 Å². The van der Waals surface area contributed by atoms with Gasteiger partial charge in [-0.15, -0.1) is 5.48 Å². The molecule has 2 atom stereocenters. The monoisotopic (exact) mass is 458 g/mol. The number of hydrogen-bond acceptors (Lipinski definition) is 7. The van der Waals surface area contributed by atoms with E-state index in [0.29, 0.717) is 11.3 Å². The maximum atomic E-state index is 14.9. The summed E-state index contributed by atoms with van der Waals surface area (Å²) >= 11 is 1.73. The number of carbonyl (C=O) groups is 2. The lowest BCUT2D eigenvalue weighted by atomic mass is 10.0. The molecule has 32 heavy (non-hydrogen) atoms. The van der Waals surface area contributed by atoms with Crippen LogP contribution in [0.2, 0.25) is 0 Å². The highest BCUT2D eigenvalue weighted by Crippen LogP contribution is 2.29. The number of rotatable bonds is 8. The van der Waals surface area contributed by atoms with Crippen LogP contribution in [0.1, 0.15) is 12.5 Å². The van der Waals surface area contributed by atoms with Crippen LogP contribution in [0.15, 0.2) is 47.5 Å². The van der Waals surface area contributed by atoms with Gasteiger partial charge in [-0.2, -0.15) is 11.8 Å². The topological polar surface area (TPSA) is 92.3 Å². The molecule has 1 unspecified atom stereocenters. The quantitative estimate of drug-likeness (QED) is 0.632. The number of aliphatic imine (C=N–C) groups is 1. The second-order valence-corrected chi connectivity index (χ2v) is 8.47. The summed E-state index contributed by atoms with van der Waals surface area (Å²) in [6, 6.07) is 12.4. The number of halogens is 1. The minimum absolute atomic E-state index is 0.0274. The lowest BCUT2D eigenvalue weighted by molar-refractivity contribution is -0.119. The second-order valence-electron chi connectivity index (χ2n) is 7.44. The van der Waals surface area contributed by atoms with Crippen LogP contribution in [0.3, 0.4) is 0 Å². The van der Waals surface area contributed by atoms with Crippen LogP contribution in [0, 0.1) is 5.82 Å². The molecule has 0 saturated carbocycles. The third-order valence-corrected chi connectivity index (χ3v) is 6.11. The highest BCUT2D eigenvalue weighted by atomic mass is 32.2. The molecule has 168 valence electrons. The Bertz CT molecular complexity index is 1020. The van der Waals surface area contributed by atoms with Crippen molar-refractivity contribution >= 4 is 35.9 Å². The summed E-state index contributed by atoms with van der Waals surface area (Å²) in [5.41, 5.74) is 5.54. The van der Waals surface area contributed by atoms with Crippen molar-refractivity contribution in [2.45, 2.75) is 24.9 Å². The number of thioether (sulfide) groups is 1. The van der Waals surface area contributed by atoms with Crippen molar-refractivity contribution < 1.29 is 23.6 Å². The van der Waals surface area contributed by atoms with Gasteiger partial charge in [0.05, 0.1) is 18.8 Å². The summed E-state index contributed by atoms with van der Waals surface area (Å²) < 4.78 is 20.1. The molecule has 10 heteroatoms. The molecule has 0 aliphatic carbocycles. The molecule has 1 saturated heterocycles. The van der Waals surface area contributed by atoms with E-state index in [1.54, 1.807) is 23.9 Å². The Morgan fingerprint density at radius 3 is 2.81 bits per heavy atom. The molecule has 2 aliphatic rings. The summed E-state index contributed by atoms with van der Waals surface area (Å²) in [6.45, 7) is 1.87. The first-order valence-corrected chi connectivity index (χ1v) is 11.3. The Morgan fingerprint density at radius 1 is 1.31 bits per heavy atom. The molecule has 2 aromatic rings. The maximum absolute atomic E-state index is 14.9. The zero-order valence-corrected chi connectivity index (χ0v) is 18.2. The van der Waals surface area contributed by atoms with E-state index in [2.05, 4.69) is 15.8 Å². The molecule has 2 heterocycles. The molecule has 0 bridgehead atoms. The fourth-order valence-corrected chi connectivity index (χ4v) is 4.31. The highest BCUT2D eigenvalue weighted by molar-refractivity contribution is 7.98. The van der Waals surface area contributed by atoms with E-state index in [1.165, 1.54) is 24.3 Å². The van der Waals surface area contributed by atoms with Crippen molar-refractivity contribution in [2.75, 3.05) is 23.7 Å². The van der Waals surface area contributed by atoms with Gasteiger partial charge in [-0.1, -0.05) is 24.3 Å². The Labute approximate surface area is 189 Å². The van der Waals surface area contributed by atoms with Crippen LogP contribution in [0.4, 0.5) is 14.9 Å². The minimum atomic E-state index is -0.556. The number of benzene rings is 2. The van der Waals surface area contributed by atoms with Crippen molar-refractivity contribution in [1.29, 1.82) is 0 Å². The van der Waals surface area contributed by atoms with Crippen LogP contribution < -0.4 is 15.7 Å². The van der Waals surface area contributed by atoms with Gasteiger partial charge in [0, 0.05) is 24.0 Å². The zero-order chi connectivity index (χ0) is 22.5. The Hall–Kier alpha value is -3.11. The van der Waals surface area contributed by atoms with Crippen LogP contribution >= 0.6 is 11.8 Å². The van der Waals surface area contributed by atoms with Crippen molar-refractivity contribution in [2.24, 2.45) is 4.99 Å². The van der Waals surface area contributed by atoms with Crippen LogP contribution in [-0.4, -0.2) is 49.5 Å². The molecule has 2 N–H and O–H groups in total. The average molecular weight is 459 g/mol. The Kier molecular flexibility index (Phi) is 6.91. The summed E-state index contributed by atoms with van der Waals surface area (Å²) in [5.74, 6) is 0.979. The smallest absolute Gasteiger partial charge is 0.414 e. The number of amides is 2. The molecule has 0 spiro atoms. The number of nitrogens with zero attached hydrogens (tertiary/aromatic N) is 2. The van der Waals surface area contributed by atoms with E-state index in [1.807, 2.05) is 24.3 Å². The van der Waals surface area contributed by atoms with Gasteiger partial charge in [-0.05, 0) is 29.3 Å². The highest BCUT2D eigenvalue weighted by Gasteiger charge is 2.32. The number of hydrogen-bond donors (Lipinski definition) is 2. The van der Waals surface area contributed by atoms with Crippen LogP contribution in [0.5, 0.6) is 0 Å². The summed E-state index contributed by atoms with van der Waals surface area (Å²) in [7, 11) is 0. The summed E-state index contributed by atoms with van der Waals surface area (Å²) in [5, 5.41) is 2.62. The van der Waals surface area contributed by atoms with Crippen molar-refractivity contribution in [3.63, 3.8) is 0 Å². The number of ether oxygens (including phenoxy) is 1. The third-order valence-electron chi connectivity index (χ3n) is 5.02. The fourth-order valence-electron chi connectivity index (χ4n) is 3.39. The molecular formula is C22H23FN4O4S. The number of carbonyl (C=O) groups excluding carboxylic acids is 2. The van der Waals surface area contributed by atoms with Crippen molar-refractivity contribution in [3.8, 4) is 11.1 Å². The van der Waals surface area contributed by atoms with E-state index in [0.717, 1.165) is 22.6 Å². The third kappa shape index (κ3) is 5.38. The first-order chi connectivity index (χ1) is 15.5. The number of anilines is 1. The van der Waals surface area contributed by atoms with Gasteiger partial charge in [0.15, 0.2) is 6.40 Å². The number of hydroxylamine groups is 1. The average Bonchev–Trinajstić information content (AvgIpc) is 3.42. The predicted molar refractivity (Wildman–Crippen MR) is 121 cm³/mol. The number of cyclic esters (lactones) is 1. The molecule has 1 fully saturated rings. The molecule has 4 rings (SSSR count). The fraction of sp³-hybridized carbons (Fsp3) is 0.318. The molecule has 0 aromatic heterocycles. The van der Waals surface area contributed by atoms with E-state index >= 15 is 0 Å². The lowest BCUT2D eigenvalue weighted by Gasteiger charge is -2.15. The first-order valence-electron chi connectivity index (χ1n) is 10.1. The van der Waals surface area contributed by atoms with E-state index in [4.69, 9.17) is 9.57 Å². The standard InChI is InChI=1S/C22H23FN4O4S/c1-14(28)24-9-18-10-27(22(29)31-18)17-6-7-19(20(23)8-17)16-4-2-15(3-5-16)11-32-12-21-25-13-30-26-21/h2-8,13,18,21,26H,9-12H2,1H3,(H,24,28)/t18-,21?/m0/s1. The summed E-state index contributed by atoms with van der Waals surface area (Å²) in [6.07, 6.45) is 0.347. The maximum Gasteiger partial charge on any atom is 0.414 e. The van der Waals surface area contributed by atoms with E-state index in [9.17, 15) is 14.0 Å². The van der Waals surface area contributed by atoms with Crippen molar-refractivity contribution in [1.82, 2.24) is 10.8 Å². The molecule has 2 aromatic carbocycles. The van der Waals surface area contributed by atoms with E-state index < -0.39 is 18.0 Å². The van der Waals surface area contributed by atoms with Gasteiger partial charge in [0.25, 0.3) is 0 Å². The van der Waals surface area contributed by atoms with Gasteiger partial charge < -0.3 is 14.9 Å². The molecule has 2 amide bonds. The number of nitrogens with one attached hydrogen (secondary N) is 2. The second kappa shape index (κ2) is 10.0. The molecule has 2 aliphatic heterocycles. The molecule has 0 radical (unpaired) electrons. The van der Waals surface area contributed by atoms with Crippen LogP contribution in [-0.2, 0) is 20.1 Å². The van der Waals surface area contributed by atoms with Gasteiger partial charge in [-0.25, -0.2) is 14.2 Å². The van der Waals surface area contributed by atoms with Gasteiger partial charge in [-0.3, -0.25) is 9.69 Å². The van der Waals surface area contributed by atoms with Crippen LogP contribution in [0.25, 0.3) is 11.1 Å². The zero-order valence-electron chi connectivity index (χ0n) is 17.4. The molecular weight excluding hydrogens is 435 g/mol. The Balaban J connectivity index is 1.37. The minimum Gasteiger partial charge on any atom is -0.442 e. The predicted octanol–water partition coefficient (Wildman–Crippen LogP) is 3.08. The lowest BCUT2D eigenvalue weighted by Crippen LogP contribution is -2.33. The SMILES string of the molecule is CC(=O)NC[C@H]1CN(c2ccc(-c3ccc(CSCC4N=CON4)cc3)c(F)c2)C(=O)O1. The van der Waals surface area contributed by atoms with Gasteiger partial charge >= 0.3 is 6.09 Å². The first kappa shape index (κ1) is 22.1. The summed E-state index contributed by atoms with van der Waals surface area (Å²) in [4.78, 5) is 33.6. The molecule has 8 nitrogen and oxygen atoms in total.